The number of carboxylic acid groups (broad SMARTS) is 1. The van der Waals surface area contributed by atoms with Crippen molar-refractivity contribution in [2.45, 2.75) is 69.6 Å². The number of carbonyl (C=O) groups excluding carboxylic acids is 2. The highest BCUT2D eigenvalue weighted by atomic mass is 16.6. The van der Waals surface area contributed by atoms with Gasteiger partial charge in [0.2, 0.25) is 0 Å². The Morgan fingerprint density at radius 3 is 2.66 bits per heavy atom. The number of H-pyrrole nitrogens is 1. The Morgan fingerprint density at radius 2 is 1.84 bits per heavy atom. The molecule has 2 fully saturated rings. The molecule has 38 heavy (non-hydrogen) atoms. The van der Waals surface area contributed by atoms with E-state index >= 15 is 0 Å². The van der Waals surface area contributed by atoms with E-state index in [1.807, 2.05) is 0 Å². The highest BCUT2D eigenvalue weighted by molar-refractivity contribution is 5.94. The van der Waals surface area contributed by atoms with Crippen molar-refractivity contribution in [3.05, 3.63) is 59.8 Å². The van der Waals surface area contributed by atoms with Crippen LogP contribution in [0.15, 0.2) is 48.7 Å². The average Bonchev–Trinajstić information content (AvgIpc) is 3.40. The Morgan fingerprint density at radius 1 is 1.03 bits per heavy atom. The Kier molecular flexibility index (Phi) is 7.76. The first kappa shape index (κ1) is 25.6. The van der Waals surface area contributed by atoms with E-state index in [9.17, 15) is 19.5 Å². The fraction of sp³-hybridized carbons (Fsp3) is 0.429. The minimum atomic E-state index is -1.06. The molecule has 2 aliphatic rings. The van der Waals surface area contributed by atoms with Crippen LogP contribution in [0, 0.1) is 0 Å². The van der Waals surface area contributed by atoms with E-state index in [0.717, 1.165) is 49.4 Å². The molecule has 10 nitrogen and oxygen atoms in total. The first-order chi connectivity index (χ1) is 18.5. The monoisotopic (exact) mass is 519 g/mol. The van der Waals surface area contributed by atoms with Crippen LogP contribution in [0.2, 0.25) is 0 Å². The Hall–Kier alpha value is -4.08. The number of hydrogen-bond donors (Lipinski definition) is 4. The molecular formula is C28H33N5O5. The molecule has 3 aromatic rings. The molecule has 200 valence electrons. The number of hydrogen-bond acceptors (Lipinski definition) is 5. The molecule has 0 bridgehead atoms. The van der Waals surface area contributed by atoms with Crippen LogP contribution < -0.4 is 10.6 Å². The molecule has 1 aromatic heterocycles. The zero-order valence-corrected chi connectivity index (χ0v) is 21.2. The van der Waals surface area contributed by atoms with Crippen molar-refractivity contribution in [1.82, 2.24) is 20.4 Å². The number of aromatic nitrogens is 2. The summed E-state index contributed by atoms with van der Waals surface area (Å²) in [5, 5.41) is 23.4. The number of fused-ring (bicyclic) bond motifs is 1. The van der Waals surface area contributed by atoms with Crippen LogP contribution in [0.5, 0.6) is 0 Å². The predicted molar refractivity (Wildman–Crippen MR) is 142 cm³/mol. The summed E-state index contributed by atoms with van der Waals surface area (Å²) in [4.78, 5) is 39.5. The molecule has 2 atom stereocenters. The van der Waals surface area contributed by atoms with E-state index in [0.29, 0.717) is 29.8 Å². The molecule has 2 heterocycles. The quantitative estimate of drug-likeness (QED) is 0.342. The van der Waals surface area contributed by atoms with E-state index in [1.165, 1.54) is 11.3 Å². The summed E-state index contributed by atoms with van der Waals surface area (Å²) in [6.07, 6.45) is 6.47. The molecule has 1 saturated heterocycles. The van der Waals surface area contributed by atoms with Crippen molar-refractivity contribution in [2.24, 2.45) is 0 Å². The van der Waals surface area contributed by atoms with Crippen LogP contribution >= 0.6 is 0 Å². The van der Waals surface area contributed by atoms with Gasteiger partial charge in [0.25, 0.3) is 5.91 Å². The van der Waals surface area contributed by atoms with Gasteiger partial charge in [-0.3, -0.25) is 15.2 Å². The molecule has 0 spiro atoms. The Balaban J connectivity index is 1.38. The fourth-order valence-corrected chi connectivity index (χ4v) is 5.53. The largest absolute Gasteiger partial charge is 0.465 e. The molecule has 0 unspecified atom stereocenters. The lowest BCUT2D eigenvalue weighted by Crippen LogP contribution is -2.47. The smallest absolute Gasteiger partial charge is 0.412 e. The number of benzene rings is 2. The van der Waals surface area contributed by atoms with Crippen LogP contribution in [0.4, 0.5) is 15.3 Å². The lowest BCUT2D eigenvalue weighted by atomic mass is 9.92. The van der Waals surface area contributed by atoms with E-state index < -0.39 is 24.3 Å². The molecule has 2 aromatic carbocycles. The van der Waals surface area contributed by atoms with Gasteiger partial charge in [-0.15, -0.1) is 0 Å². The first-order valence-electron chi connectivity index (χ1n) is 13.3. The van der Waals surface area contributed by atoms with E-state index in [1.54, 1.807) is 48.7 Å². The molecule has 10 heteroatoms. The van der Waals surface area contributed by atoms with Crippen molar-refractivity contribution < 1.29 is 24.2 Å². The molecule has 4 N–H and O–H groups in total. The van der Waals surface area contributed by atoms with Crippen molar-refractivity contribution in [1.29, 1.82) is 0 Å². The van der Waals surface area contributed by atoms with Gasteiger partial charge in [-0.25, -0.2) is 9.59 Å². The highest BCUT2D eigenvalue weighted by Gasteiger charge is 2.36. The van der Waals surface area contributed by atoms with Crippen LogP contribution in [0.3, 0.4) is 0 Å². The molecule has 1 saturated carbocycles. The molecular weight excluding hydrogens is 486 g/mol. The van der Waals surface area contributed by atoms with Crippen LogP contribution in [-0.4, -0.2) is 56.9 Å². The number of amides is 3. The maximum absolute atomic E-state index is 13.1. The SMILES string of the molecule is O=C(Nc1ccc2[nH]ncc2c1)O[C@@H](c1cccc(C(=O)NC2CCCCC2)c1)[C@@H]1CCCCN1C(=O)O. The van der Waals surface area contributed by atoms with E-state index in [4.69, 9.17) is 4.74 Å². The zero-order valence-electron chi connectivity index (χ0n) is 21.2. The zero-order chi connectivity index (χ0) is 26.5. The van der Waals surface area contributed by atoms with Gasteiger partial charge in [0.1, 0.15) is 6.10 Å². The van der Waals surface area contributed by atoms with Crippen molar-refractivity contribution in [3.8, 4) is 0 Å². The third-order valence-electron chi connectivity index (χ3n) is 7.48. The second kappa shape index (κ2) is 11.5. The third-order valence-corrected chi connectivity index (χ3v) is 7.48. The van der Waals surface area contributed by atoms with Crippen molar-refractivity contribution >= 4 is 34.7 Å². The van der Waals surface area contributed by atoms with Gasteiger partial charge in [0, 0.05) is 29.2 Å². The molecule has 0 radical (unpaired) electrons. The molecule has 1 aliphatic heterocycles. The Labute approximate surface area is 220 Å². The minimum absolute atomic E-state index is 0.158. The molecule has 5 rings (SSSR count). The number of nitrogens with one attached hydrogen (secondary N) is 3. The molecule has 1 aliphatic carbocycles. The standard InChI is InChI=1S/C28H33N5O5/c34-26(30-21-9-2-1-3-10-21)19-8-6-7-18(15-19)25(24-11-4-5-14-33(24)28(36)37)38-27(35)31-22-12-13-23-20(16-22)17-29-32-23/h6-8,12-13,15-17,21,24-25H,1-5,9-11,14H2,(H,29,32)(H,30,34)(H,31,35)(H,36,37)/t24-,25-/m0/s1. The fourth-order valence-electron chi connectivity index (χ4n) is 5.53. The van der Waals surface area contributed by atoms with Gasteiger partial charge in [-0.2, -0.15) is 5.10 Å². The third kappa shape index (κ3) is 5.90. The lowest BCUT2D eigenvalue weighted by molar-refractivity contribution is 0.0178. The van der Waals surface area contributed by atoms with Crippen LogP contribution in [0.1, 0.15) is 73.4 Å². The minimum Gasteiger partial charge on any atom is -0.465 e. The maximum atomic E-state index is 13.1. The summed E-state index contributed by atoms with van der Waals surface area (Å²) >= 11 is 0. The maximum Gasteiger partial charge on any atom is 0.412 e. The lowest BCUT2D eigenvalue weighted by Gasteiger charge is -2.38. The Bertz CT molecular complexity index is 1300. The summed E-state index contributed by atoms with van der Waals surface area (Å²) < 4.78 is 5.93. The normalized spacial score (nSPS) is 19.1. The van der Waals surface area contributed by atoms with Gasteiger partial charge in [0.05, 0.1) is 17.8 Å². The molecule has 3 amide bonds. The van der Waals surface area contributed by atoms with Crippen molar-refractivity contribution in [3.63, 3.8) is 0 Å². The number of nitrogens with zero attached hydrogens (tertiary/aromatic N) is 2. The van der Waals surface area contributed by atoms with Crippen LogP contribution in [0.25, 0.3) is 10.9 Å². The van der Waals surface area contributed by atoms with Gasteiger partial charge in [-0.05, 0) is 68.0 Å². The predicted octanol–water partition coefficient (Wildman–Crippen LogP) is 5.45. The average molecular weight is 520 g/mol. The van der Waals surface area contributed by atoms with Gasteiger partial charge in [0.15, 0.2) is 0 Å². The summed E-state index contributed by atoms with van der Waals surface area (Å²) in [6.45, 7) is 0.362. The number of piperidine rings is 1. The van der Waals surface area contributed by atoms with Crippen LogP contribution in [-0.2, 0) is 4.74 Å². The second-order valence-corrected chi connectivity index (χ2v) is 10.1. The van der Waals surface area contributed by atoms with Gasteiger partial charge in [-0.1, -0.05) is 31.4 Å². The van der Waals surface area contributed by atoms with E-state index in [-0.39, 0.29) is 11.9 Å². The van der Waals surface area contributed by atoms with Gasteiger partial charge >= 0.3 is 12.2 Å². The number of ether oxygens (including phenoxy) is 1. The number of carbonyl (C=O) groups is 3. The van der Waals surface area contributed by atoms with Gasteiger partial charge < -0.3 is 20.1 Å². The van der Waals surface area contributed by atoms with E-state index in [2.05, 4.69) is 20.8 Å². The topological polar surface area (TPSA) is 137 Å². The summed E-state index contributed by atoms with van der Waals surface area (Å²) in [7, 11) is 0. The highest BCUT2D eigenvalue weighted by Crippen LogP contribution is 2.33. The van der Waals surface area contributed by atoms with Crippen molar-refractivity contribution in [2.75, 3.05) is 11.9 Å². The second-order valence-electron chi connectivity index (χ2n) is 10.1. The summed E-state index contributed by atoms with van der Waals surface area (Å²) in [5.74, 6) is -0.172. The number of anilines is 1. The number of rotatable bonds is 6. The number of aromatic amines is 1. The first-order valence-corrected chi connectivity index (χ1v) is 13.3. The summed E-state index contributed by atoms with van der Waals surface area (Å²) in [6, 6.07) is 11.9. The number of likely N-dealkylation sites (tertiary alicyclic amines) is 1. The summed E-state index contributed by atoms with van der Waals surface area (Å²) in [5.41, 5.74) is 2.41.